The van der Waals surface area contributed by atoms with Gasteiger partial charge in [0.25, 0.3) is 40.5 Å². The smallest absolute Gasteiger partial charge is 0.296 e. The lowest BCUT2D eigenvalue weighted by Crippen LogP contribution is -2.27. The highest BCUT2D eigenvalue weighted by molar-refractivity contribution is 7.91. The van der Waals surface area contributed by atoms with Gasteiger partial charge >= 0.3 is 0 Å². The van der Waals surface area contributed by atoms with E-state index in [4.69, 9.17) is 5.73 Å². The van der Waals surface area contributed by atoms with Crippen molar-refractivity contribution in [3.05, 3.63) is 119 Å². The number of carbonyl (C=O) groups excluding carboxylic acids is 1. The normalized spacial score (nSPS) is 14.6. The predicted octanol–water partition coefficient (Wildman–Crippen LogP) is 7.04. The third-order valence-electron chi connectivity index (χ3n) is 8.78. The van der Waals surface area contributed by atoms with Crippen LogP contribution in [0.3, 0.4) is 0 Å². The number of Topliss-reactive ketones (excluding diaryl/α,β-unsaturated/α-hetero) is 1. The van der Waals surface area contributed by atoms with Crippen molar-refractivity contribution in [2.24, 2.45) is 25.6 Å². The summed E-state index contributed by atoms with van der Waals surface area (Å²) in [6.45, 7) is 0. The monoisotopic (exact) mass is 891 g/mol. The van der Waals surface area contributed by atoms with Gasteiger partial charge in [-0.05, 0) is 96.6 Å². The van der Waals surface area contributed by atoms with Crippen LogP contribution in [0, 0.1) is 0 Å². The van der Waals surface area contributed by atoms with Crippen molar-refractivity contribution in [1.82, 2.24) is 0 Å². The second-order valence-electron chi connectivity index (χ2n) is 12.7. The van der Waals surface area contributed by atoms with Crippen molar-refractivity contribution in [2.45, 2.75) is 14.7 Å². The lowest BCUT2D eigenvalue weighted by atomic mass is 9.94. The summed E-state index contributed by atoms with van der Waals surface area (Å²) in [5.41, 5.74) is 8.27. The maximum Gasteiger partial charge on any atom is 0.296 e. The molecule has 0 heterocycles. The Morgan fingerprint density at radius 3 is 1.65 bits per heavy atom. The first kappa shape index (κ1) is 41.5. The van der Waals surface area contributed by atoms with Crippen LogP contribution >= 0.6 is 0 Å². The van der Waals surface area contributed by atoms with E-state index in [-0.39, 0.29) is 66.8 Å². The second kappa shape index (κ2) is 15.2. The van der Waals surface area contributed by atoms with Crippen LogP contribution in [-0.2, 0) is 40.5 Å². The van der Waals surface area contributed by atoms with E-state index < -0.39 is 71.6 Å². The van der Waals surface area contributed by atoms with Gasteiger partial charge in [0.05, 0.1) is 43.1 Å². The molecular formula is C36H25N7O13S4. The Morgan fingerprint density at radius 1 is 0.517 bits per heavy atom. The van der Waals surface area contributed by atoms with E-state index >= 15 is 0 Å². The highest BCUT2D eigenvalue weighted by Crippen LogP contribution is 2.39. The molecule has 0 fully saturated rings. The van der Waals surface area contributed by atoms with E-state index in [2.05, 4.69) is 31.0 Å². The maximum atomic E-state index is 13.4. The zero-order valence-corrected chi connectivity index (χ0v) is 33.1. The lowest BCUT2D eigenvalue weighted by Gasteiger charge is -2.17. The van der Waals surface area contributed by atoms with Gasteiger partial charge < -0.3 is 5.73 Å². The minimum absolute atomic E-state index is 0.00216. The molecule has 60 heavy (non-hydrogen) atoms. The highest BCUT2D eigenvalue weighted by atomic mass is 32.2. The zero-order valence-electron chi connectivity index (χ0n) is 29.8. The third-order valence-corrected chi connectivity index (χ3v) is 12.2. The van der Waals surface area contributed by atoms with Gasteiger partial charge in [0, 0.05) is 32.8 Å². The van der Waals surface area contributed by atoms with Gasteiger partial charge in [-0.25, -0.2) is 0 Å². The number of nitrogens with one attached hydrogen (secondary N) is 1. The topological polar surface area (TPSA) is 334 Å². The van der Waals surface area contributed by atoms with Crippen LogP contribution in [0.15, 0.2) is 148 Å². The SMILES string of the molecule is Nc1ccc2c(c1)C=C(S(=O)(=O)O)/C(=N\Nc1ccc(N=Nc3ccc(N=Nc4cccc(S(=O)(=O)O)c4)c4cc(S(=O)(=O)O)ccc34)c3cc(S(=O)(=O)O)ccc13)C2=O. The van der Waals surface area contributed by atoms with Gasteiger partial charge in [-0.15, -0.1) is 15.3 Å². The number of ketones is 1. The molecule has 0 aromatic heterocycles. The Morgan fingerprint density at radius 2 is 1.05 bits per heavy atom. The molecule has 0 atom stereocenters. The Bertz CT molecular complexity index is 3440. The first-order valence-corrected chi connectivity index (χ1v) is 22.3. The summed E-state index contributed by atoms with van der Waals surface area (Å²) < 4.78 is 135. The molecule has 7 N–H and O–H groups in total. The number of benzene rings is 6. The number of nitrogens with two attached hydrogens (primary N) is 1. The molecule has 20 nitrogen and oxygen atoms in total. The van der Waals surface area contributed by atoms with E-state index in [1.165, 1.54) is 66.7 Å². The molecule has 6 aromatic rings. The van der Waals surface area contributed by atoms with E-state index in [0.29, 0.717) is 0 Å². The van der Waals surface area contributed by atoms with Gasteiger partial charge in [0.15, 0.2) is 5.71 Å². The number of carbonyl (C=O) groups is 1. The van der Waals surface area contributed by atoms with E-state index in [1.54, 1.807) is 0 Å². The first-order chi connectivity index (χ1) is 28.1. The molecule has 0 amide bonds. The van der Waals surface area contributed by atoms with E-state index in [9.17, 15) is 56.7 Å². The van der Waals surface area contributed by atoms with Crippen LogP contribution in [0.2, 0.25) is 0 Å². The predicted molar refractivity (Wildman–Crippen MR) is 218 cm³/mol. The molecule has 1 aliphatic carbocycles. The number of hydrazone groups is 1. The van der Waals surface area contributed by atoms with Crippen molar-refractivity contribution in [3.8, 4) is 0 Å². The van der Waals surface area contributed by atoms with E-state index in [0.717, 1.165) is 42.5 Å². The molecule has 0 aliphatic heterocycles. The Hall–Kier alpha value is -6.64. The number of azo groups is 2. The van der Waals surface area contributed by atoms with Gasteiger partial charge in [-0.2, -0.15) is 43.9 Å². The Balaban J connectivity index is 1.31. The largest absolute Gasteiger partial charge is 0.399 e. The third kappa shape index (κ3) is 8.56. The van der Waals surface area contributed by atoms with Crippen molar-refractivity contribution < 1.29 is 56.7 Å². The zero-order chi connectivity index (χ0) is 43.4. The Kier molecular flexibility index (Phi) is 10.5. The van der Waals surface area contributed by atoms with E-state index in [1.807, 2.05) is 0 Å². The van der Waals surface area contributed by atoms with Crippen LogP contribution in [-0.4, -0.2) is 63.4 Å². The molecule has 1 aliphatic rings. The van der Waals surface area contributed by atoms with Crippen LogP contribution in [0.4, 0.5) is 34.1 Å². The molecule has 0 spiro atoms. The molecule has 0 bridgehead atoms. The molecular weight excluding hydrogens is 867 g/mol. The number of fused-ring (bicyclic) bond motifs is 3. The van der Waals surface area contributed by atoms with Crippen LogP contribution in [0.5, 0.6) is 0 Å². The summed E-state index contributed by atoms with van der Waals surface area (Å²) in [7, 11) is -19.1. The first-order valence-electron chi connectivity index (χ1n) is 16.5. The lowest BCUT2D eigenvalue weighted by molar-refractivity contribution is 0.106. The number of rotatable bonds is 10. The summed E-state index contributed by atoms with van der Waals surface area (Å²) in [6.07, 6.45) is 1.02. The van der Waals surface area contributed by atoms with Crippen molar-refractivity contribution in [3.63, 3.8) is 0 Å². The molecule has 0 unspecified atom stereocenters. The number of nitrogen functional groups attached to an aromatic ring is 1. The van der Waals surface area contributed by atoms with Crippen molar-refractivity contribution in [2.75, 3.05) is 11.2 Å². The second-order valence-corrected chi connectivity index (χ2v) is 18.4. The van der Waals surface area contributed by atoms with Gasteiger partial charge in [0.1, 0.15) is 4.91 Å². The molecule has 0 radical (unpaired) electrons. The van der Waals surface area contributed by atoms with Gasteiger partial charge in [0.2, 0.25) is 5.78 Å². The van der Waals surface area contributed by atoms with Crippen LogP contribution < -0.4 is 11.2 Å². The Labute approximate surface area is 339 Å². The fourth-order valence-electron chi connectivity index (χ4n) is 5.99. The summed E-state index contributed by atoms with van der Waals surface area (Å²) >= 11 is 0. The summed E-state index contributed by atoms with van der Waals surface area (Å²) in [4.78, 5) is 11.0. The van der Waals surface area contributed by atoms with Crippen molar-refractivity contribution in [1.29, 1.82) is 0 Å². The molecule has 6 aromatic carbocycles. The molecule has 0 saturated carbocycles. The average Bonchev–Trinajstić information content (AvgIpc) is 3.17. The number of hydrogen-bond acceptors (Lipinski definition) is 16. The fourth-order valence-corrected chi connectivity index (χ4v) is 8.18. The molecule has 7 rings (SSSR count). The van der Waals surface area contributed by atoms with Crippen molar-refractivity contribution >= 4 is 114 Å². The minimum atomic E-state index is -5.00. The molecule has 24 heteroatoms. The van der Waals surface area contributed by atoms with Gasteiger partial charge in [-0.3, -0.25) is 28.4 Å². The maximum absolute atomic E-state index is 13.4. The standard InChI is InChI=1S/C36H25N7O13S4/c37-20-4-7-25-19(14-20)15-34(60(54,55)56)35(36(25)44)43-42-31-11-13-33(29-18-24(59(51,52)53)6-9-27(29)31)41-40-30-10-12-32(28-17-23(58(48,49)50)5-8-26(28)30)39-38-21-2-1-3-22(16-21)57(45,46)47/h1-18,42H,37H2,(H,45,46,47)(H,48,49,50)(H,51,52,53)(H,54,55,56)/b39-38?,41-40?,43-35+. The quantitative estimate of drug-likeness (QED) is 0.0347. The number of nitrogens with zero attached hydrogens (tertiary/aromatic N) is 5. The van der Waals surface area contributed by atoms with Crippen LogP contribution in [0.1, 0.15) is 15.9 Å². The van der Waals surface area contributed by atoms with Crippen LogP contribution in [0.25, 0.3) is 27.6 Å². The number of anilines is 2. The molecule has 306 valence electrons. The van der Waals surface area contributed by atoms with Gasteiger partial charge in [-0.1, -0.05) is 18.2 Å². The number of allylic oxidation sites excluding steroid dienone is 1. The molecule has 0 saturated heterocycles. The minimum Gasteiger partial charge on any atom is -0.399 e. The summed E-state index contributed by atoms with van der Waals surface area (Å²) in [5, 5.41) is 21.2. The summed E-state index contributed by atoms with van der Waals surface area (Å²) in [5.74, 6) is -0.870. The summed E-state index contributed by atoms with van der Waals surface area (Å²) in [6, 6.07) is 21.3. The number of hydrogen-bond donors (Lipinski definition) is 6. The highest BCUT2D eigenvalue weighted by Gasteiger charge is 2.33. The average molecular weight is 892 g/mol. The fraction of sp³-hybridized carbons (Fsp3) is 0.